The number of ether oxygens (including phenoxy) is 1. The maximum atomic E-state index is 11.9. The van der Waals surface area contributed by atoms with Gasteiger partial charge in [0.1, 0.15) is 5.75 Å². The largest absolute Gasteiger partial charge is 0.493 e. The van der Waals surface area contributed by atoms with Crippen molar-refractivity contribution < 1.29 is 19.4 Å². The Labute approximate surface area is 245 Å². The SMILES string of the molecule is CC(=O)N(CCCCOc1ccc(-c2ccc(C(=O)O)cc2)cc1-c1ccc2c(c1)C(C)(C)CCC2(C)C)C(C)C. The van der Waals surface area contributed by atoms with Crippen molar-refractivity contribution in [2.75, 3.05) is 13.2 Å². The fourth-order valence-corrected chi connectivity index (χ4v) is 5.97. The summed E-state index contributed by atoms with van der Waals surface area (Å²) in [4.78, 5) is 25.2. The predicted octanol–water partition coefficient (Wildman–Crippen LogP) is 8.48. The van der Waals surface area contributed by atoms with Gasteiger partial charge in [0.05, 0.1) is 12.2 Å². The minimum Gasteiger partial charge on any atom is -0.493 e. The zero-order chi connectivity index (χ0) is 29.9. The second kappa shape index (κ2) is 12.1. The zero-order valence-corrected chi connectivity index (χ0v) is 25.7. The number of aromatic carboxylic acids is 1. The van der Waals surface area contributed by atoms with Crippen LogP contribution in [0.3, 0.4) is 0 Å². The molecule has 0 aliphatic heterocycles. The van der Waals surface area contributed by atoms with E-state index in [1.54, 1.807) is 19.1 Å². The number of hydrogen-bond acceptors (Lipinski definition) is 3. The van der Waals surface area contributed by atoms with E-state index in [1.165, 1.54) is 17.5 Å². The molecule has 0 saturated carbocycles. The molecule has 3 aromatic rings. The number of carbonyl (C=O) groups is 2. The molecule has 1 aliphatic carbocycles. The summed E-state index contributed by atoms with van der Waals surface area (Å²) in [6.07, 6.45) is 4.03. The summed E-state index contributed by atoms with van der Waals surface area (Å²) in [6, 6.07) is 20.3. The molecule has 1 aliphatic rings. The Morgan fingerprint density at radius 3 is 2.05 bits per heavy atom. The number of carboxylic acid groups (broad SMARTS) is 1. The van der Waals surface area contributed by atoms with Gasteiger partial charge in [0.2, 0.25) is 5.91 Å². The Morgan fingerprint density at radius 2 is 1.44 bits per heavy atom. The molecule has 1 amide bonds. The summed E-state index contributed by atoms with van der Waals surface area (Å²) in [5.41, 5.74) is 7.43. The van der Waals surface area contributed by atoms with Gasteiger partial charge in [-0.1, -0.05) is 64.1 Å². The van der Waals surface area contributed by atoms with Crippen LogP contribution in [0, 0.1) is 0 Å². The zero-order valence-electron chi connectivity index (χ0n) is 25.7. The lowest BCUT2D eigenvalue weighted by Crippen LogP contribution is -2.36. The fourth-order valence-electron chi connectivity index (χ4n) is 5.97. The molecule has 0 saturated heterocycles. The topological polar surface area (TPSA) is 66.8 Å². The first-order valence-electron chi connectivity index (χ1n) is 14.8. The van der Waals surface area contributed by atoms with Crippen LogP contribution in [0.1, 0.15) is 95.6 Å². The highest BCUT2D eigenvalue weighted by molar-refractivity contribution is 5.88. The quantitative estimate of drug-likeness (QED) is 0.255. The number of unbranched alkanes of at least 4 members (excludes halogenated alkanes) is 1. The first kappa shape index (κ1) is 30.4. The molecule has 0 aromatic heterocycles. The monoisotopic (exact) mass is 555 g/mol. The number of nitrogens with zero attached hydrogens (tertiary/aromatic N) is 1. The second-order valence-electron chi connectivity index (χ2n) is 13.0. The van der Waals surface area contributed by atoms with Crippen LogP contribution in [0.4, 0.5) is 0 Å². The molecule has 218 valence electrons. The van der Waals surface area contributed by atoms with E-state index in [1.807, 2.05) is 43.0 Å². The molecular formula is C36H45NO4. The third-order valence-corrected chi connectivity index (χ3v) is 8.69. The molecule has 5 heteroatoms. The van der Waals surface area contributed by atoms with E-state index in [0.29, 0.717) is 6.61 Å². The Balaban J connectivity index is 1.66. The van der Waals surface area contributed by atoms with Crippen LogP contribution in [0.2, 0.25) is 0 Å². The van der Waals surface area contributed by atoms with Crippen LogP contribution >= 0.6 is 0 Å². The summed E-state index contributed by atoms with van der Waals surface area (Å²) in [6.45, 7) is 16.3. The van der Waals surface area contributed by atoms with Gasteiger partial charge in [0.15, 0.2) is 0 Å². The highest BCUT2D eigenvalue weighted by atomic mass is 16.5. The molecule has 0 fully saturated rings. The van der Waals surface area contributed by atoms with Crippen molar-refractivity contribution in [1.82, 2.24) is 4.90 Å². The highest BCUT2D eigenvalue weighted by Crippen LogP contribution is 2.47. The van der Waals surface area contributed by atoms with E-state index < -0.39 is 5.97 Å². The van der Waals surface area contributed by atoms with Gasteiger partial charge in [-0.05, 0) is 102 Å². The molecule has 1 N–H and O–H groups in total. The Bertz CT molecular complexity index is 1400. The van der Waals surface area contributed by atoms with Crippen LogP contribution in [0.15, 0.2) is 60.7 Å². The van der Waals surface area contributed by atoms with Crippen LogP contribution in [0.5, 0.6) is 5.75 Å². The molecule has 3 aromatic carbocycles. The average Bonchev–Trinajstić information content (AvgIpc) is 2.92. The van der Waals surface area contributed by atoms with E-state index in [0.717, 1.165) is 53.8 Å². The van der Waals surface area contributed by atoms with Gasteiger partial charge in [-0.25, -0.2) is 4.79 Å². The second-order valence-corrected chi connectivity index (χ2v) is 13.0. The third kappa shape index (κ3) is 6.83. The molecule has 0 bridgehead atoms. The molecule has 0 unspecified atom stereocenters. The Morgan fingerprint density at radius 1 is 0.829 bits per heavy atom. The first-order chi connectivity index (χ1) is 19.3. The molecule has 41 heavy (non-hydrogen) atoms. The number of fused-ring (bicyclic) bond motifs is 1. The maximum absolute atomic E-state index is 11.9. The van der Waals surface area contributed by atoms with Gasteiger partial charge < -0.3 is 14.7 Å². The van der Waals surface area contributed by atoms with Crippen LogP contribution in [-0.2, 0) is 15.6 Å². The van der Waals surface area contributed by atoms with Gasteiger partial charge >= 0.3 is 5.97 Å². The van der Waals surface area contributed by atoms with Gasteiger partial charge in [-0.3, -0.25) is 4.79 Å². The van der Waals surface area contributed by atoms with Gasteiger partial charge in [0, 0.05) is 25.1 Å². The van der Waals surface area contributed by atoms with Crippen molar-refractivity contribution in [1.29, 1.82) is 0 Å². The predicted molar refractivity (Wildman–Crippen MR) is 167 cm³/mol. The van der Waals surface area contributed by atoms with Gasteiger partial charge in [0.25, 0.3) is 0 Å². The molecule has 0 radical (unpaired) electrons. The molecular weight excluding hydrogens is 510 g/mol. The number of rotatable bonds is 10. The molecule has 4 rings (SSSR count). The first-order valence-corrected chi connectivity index (χ1v) is 14.8. The highest BCUT2D eigenvalue weighted by Gasteiger charge is 2.37. The van der Waals surface area contributed by atoms with Crippen molar-refractivity contribution >= 4 is 11.9 Å². The molecule has 0 heterocycles. The molecule has 0 atom stereocenters. The normalized spacial score (nSPS) is 15.3. The van der Waals surface area contributed by atoms with E-state index in [-0.39, 0.29) is 28.3 Å². The number of carboxylic acids is 1. The van der Waals surface area contributed by atoms with Gasteiger partial charge in [-0.2, -0.15) is 0 Å². The van der Waals surface area contributed by atoms with E-state index in [2.05, 4.69) is 52.0 Å². The summed E-state index contributed by atoms with van der Waals surface area (Å²) in [5, 5.41) is 9.32. The summed E-state index contributed by atoms with van der Waals surface area (Å²) >= 11 is 0. The number of amides is 1. The number of carbonyl (C=O) groups excluding carboxylic acids is 1. The lowest BCUT2D eigenvalue weighted by molar-refractivity contribution is -0.130. The fraction of sp³-hybridized carbons (Fsp3) is 0.444. The smallest absolute Gasteiger partial charge is 0.335 e. The standard InChI is InChI=1S/C36H45NO4/c1-24(2)37(25(3)38)20-8-9-21-41-33-17-15-28(26-10-12-27(13-11-26)34(39)40)22-30(33)29-14-16-31-32(23-29)36(6,7)19-18-35(31,4)5/h10-17,22-24H,8-9,18-21H2,1-7H3,(H,39,40). The van der Waals surface area contributed by atoms with Crippen LogP contribution in [0.25, 0.3) is 22.3 Å². The van der Waals surface area contributed by atoms with Crippen LogP contribution in [-0.4, -0.2) is 41.1 Å². The lowest BCUT2D eigenvalue weighted by Gasteiger charge is -2.42. The summed E-state index contributed by atoms with van der Waals surface area (Å²) in [7, 11) is 0. The minimum absolute atomic E-state index is 0.0885. The van der Waals surface area contributed by atoms with Crippen molar-refractivity contribution in [2.45, 2.75) is 91.0 Å². The number of benzene rings is 3. The van der Waals surface area contributed by atoms with Crippen molar-refractivity contribution in [2.24, 2.45) is 0 Å². The maximum Gasteiger partial charge on any atom is 0.335 e. The molecule has 0 spiro atoms. The molecule has 5 nitrogen and oxygen atoms in total. The van der Waals surface area contributed by atoms with E-state index in [4.69, 9.17) is 4.74 Å². The summed E-state index contributed by atoms with van der Waals surface area (Å²) in [5.74, 6) is 0.00473. The van der Waals surface area contributed by atoms with Crippen LogP contribution < -0.4 is 4.74 Å². The summed E-state index contributed by atoms with van der Waals surface area (Å²) < 4.78 is 6.39. The van der Waals surface area contributed by atoms with E-state index >= 15 is 0 Å². The minimum atomic E-state index is -0.930. The third-order valence-electron chi connectivity index (χ3n) is 8.69. The lowest BCUT2D eigenvalue weighted by atomic mass is 9.63. The number of hydrogen-bond donors (Lipinski definition) is 1. The van der Waals surface area contributed by atoms with Crippen molar-refractivity contribution in [3.05, 3.63) is 77.4 Å². The van der Waals surface area contributed by atoms with E-state index in [9.17, 15) is 14.7 Å². The Kier molecular flexibility index (Phi) is 8.96. The van der Waals surface area contributed by atoms with Gasteiger partial charge in [-0.15, -0.1) is 0 Å². The van der Waals surface area contributed by atoms with Crippen molar-refractivity contribution in [3.8, 4) is 28.0 Å². The Hall–Kier alpha value is -3.60. The average molecular weight is 556 g/mol. The van der Waals surface area contributed by atoms with Crippen molar-refractivity contribution in [3.63, 3.8) is 0 Å².